The van der Waals surface area contributed by atoms with Crippen molar-refractivity contribution in [1.82, 2.24) is 9.97 Å². The number of benzene rings is 1. The van der Waals surface area contributed by atoms with Crippen molar-refractivity contribution in [3.8, 4) is 11.1 Å². The third-order valence-corrected chi connectivity index (χ3v) is 4.23. The number of hydrogen-bond donors (Lipinski definition) is 1. The van der Waals surface area contributed by atoms with E-state index in [4.69, 9.17) is 0 Å². The van der Waals surface area contributed by atoms with Gasteiger partial charge in [-0.25, -0.2) is 9.97 Å². The number of aromatic nitrogens is 2. The van der Waals surface area contributed by atoms with Gasteiger partial charge in [0.05, 0.1) is 0 Å². The average Bonchev–Trinajstić information content (AvgIpc) is 2.62. The van der Waals surface area contributed by atoms with Crippen LogP contribution in [0.25, 0.3) is 11.1 Å². The summed E-state index contributed by atoms with van der Waals surface area (Å²) in [6, 6.07) is 6.09. The summed E-state index contributed by atoms with van der Waals surface area (Å²) in [5.74, 6) is 0.734. The smallest absolute Gasteiger partial charge is 0.227 e. The lowest BCUT2D eigenvalue weighted by molar-refractivity contribution is -0.116. The quantitative estimate of drug-likeness (QED) is 0.661. The van der Waals surface area contributed by atoms with Gasteiger partial charge in [-0.05, 0) is 49.0 Å². The van der Waals surface area contributed by atoms with E-state index in [1.165, 1.54) is 0 Å². The van der Waals surface area contributed by atoms with Crippen LogP contribution in [0, 0.1) is 6.92 Å². The van der Waals surface area contributed by atoms with Crippen molar-refractivity contribution in [1.29, 1.82) is 0 Å². The van der Waals surface area contributed by atoms with Crippen LogP contribution in [0.4, 0.5) is 5.95 Å². The minimum absolute atomic E-state index is 0.171. The standard InChI is InChI=1S/C22H27N3O/c1-6-8-21(15(3)7-2)25-22-23-13-20(14-24-22)19-10-9-18(12-17(5)26)16(4)11-19/h8-11,13-14H,3,6-7,12H2,1-2,4-5H3,(H,23,24,25)/b21-8+. The molecule has 4 nitrogen and oxygen atoms in total. The molecule has 0 bridgehead atoms. The van der Waals surface area contributed by atoms with E-state index in [1.807, 2.05) is 31.5 Å². The van der Waals surface area contributed by atoms with Crippen molar-refractivity contribution >= 4 is 11.7 Å². The number of allylic oxidation sites excluding steroid dienone is 2. The second kappa shape index (κ2) is 9.09. The molecule has 1 aromatic carbocycles. The van der Waals surface area contributed by atoms with Crippen molar-refractivity contribution in [2.45, 2.75) is 47.0 Å². The Morgan fingerprint density at radius 1 is 1.19 bits per heavy atom. The molecule has 1 heterocycles. The van der Waals surface area contributed by atoms with Gasteiger partial charge in [-0.2, -0.15) is 0 Å². The number of ketones is 1. The summed E-state index contributed by atoms with van der Waals surface area (Å²) in [5, 5.41) is 3.25. The molecule has 2 aromatic rings. The Bertz CT molecular complexity index is 820. The largest absolute Gasteiger partial charge is 0.324 e. The lowest BCUT2D eigenvalue weighted by Gasteiger charge is -2.12. The molecule has 0 saturated carbocycles. The fourth-order valence-corrected chi connectivity index (χ4v) is 2.68. The van der Waals surface area contributed by atoms with Gasteiger partial charge < -0.3 is 5.32 Å². The Hall–Kier alpha value is -2.75. The first-order valence-corrected chi connectivity index (χ1v) is 9.01. The van der Waals surface area contributed by atoms with Crippen LogP contribution in [0.1, 0.15) is 44.7 Å². The normalized spacial score (nSPS) is 11.3. The summed E-state index contributed by atoms with van der Waals surface area (Å²) in [6.07, 6.45) is 7.99. The average molecular weight is 349 g/mol. The highest BCUT2D eigenvalue weighted by Crippen LogP contribution is 2.23. The zero-order valence-electron chi connectivity index (χ0n) is 16.1. The number of nitrogens with zero attached hydrogens (tertiary/aromatic N) is 2. The number of anilines is 1. The highest BCUT2D eigenvalue weighted by molar-refractivity contribution is 5.79. The summed E-state index contributed by atoms with van der Waals surface area (Å²) in [6.45, 7) is 11.9. The van der Waals surface area contributed by atoms with Gasteiger partial charge in [-0.15, -0.1) is 0 Å². The molecule has 136 valence electrons. The van der Waals surface area contributed by atoms with Crippen molar-refractivity contribution in [2.75, 3.05) is 5.32 Å². The predicted molar refractivity (Wildman–Crippen MR) is 108 cm³/mol. The molecule has 1 N–H and O–H groups in total. The number of rotatable bonds is 8. The molecule has 0 radical (unpaired) electrons. The first kappa shape index (κ1) is 19.6. The molecule has 4 heteroatoms. The van der Waals surface area contributed by atoms with E-state index in [9.17, 15) is 4.79 Å². The lowest BCUT2D eigenvalue weighted by atomic mass is 9.99. The van der Waals surface area contributed by atoms with E-state index in [2.05, 4.69) is 47.9 Å². The van der Waals surface area contributed by atoms with E-state index in [0.29, 0.717) is 12.4 Å². The Morgan fingerprint density at radius 2 is 1.88 bits per heavy atom. The molecule has 26 heavy (non-hydrogen) atoms. The number of aryl methyl sites for hydroxylation is 1. The summed E-state index contributed by atoms with van der Waals surface area (Å²) < 4.78 is 0. The summed E-state index contributed by atoms with van der Waals surface area (Å²) in [7, 11) is 0. The summed E-state index contributed by atoms with van der Waals surface area (Å²) >= 11 is 0. The van der Waals surface area contributed by atoms with Crippen molar-refractivity contribution in [2.24, 2.45) is 0 Å². The van der Waals surface area contributed by atoms with Crippen LogP contribution in [-0.4, -0.2) is 15.8 Å². The minimum atomic E-state index is 0.171. The number of nitrogens with one attached hydrogen (secondary N) is 1. The topological polar surface area (TPSA) is 54.9 Å². The van der Waals surface area contributed by atoms with Crippen LogP contribution >= 0.6 is 0 Å². The molecular formula is C22H27N3O. The highest BCUT2D eigenvalue weighted by Gasteiger charge is 2.07. The van der Waals surface area contributed by atoms with E-state index in [-0.39, 0.29) is 5.78 Å². The van der Waals surface area contributed by atoms with Gasteiger partial charge >= 0.3 is 0 Å². The van der Waals surface area contributed by atoms with Gasteiger partial charge in [0.25, 0.3) is 0 Å². The van der Waals surface area contributed by atoms with Crippen LogP contribution in [0.5, 0.6) is 0 Å². The number of Topliss-reactive ketones (excluding diaryl/α,β-unsaturated/α-hetero) is 1. The van der Waals surface area contributed by atoms with Gasteiger partial charge in [0.15, 0.2) is 0 Å². The maximum Gasteiger partial charge on any atom is 0.227 e. The number of carbonyl (C=O) groups excluding carboxylic acids is 1. The molecule has 0 unspecified atom stereocenters. The Balaban J connectivity index is 2.19. The van der Waals surface area contributed by atoms with Crippen LogP contribution in [0.3, 0.4) is 0 Å². The molecule has 2 rings (SSSR count). The van der Waals surface area contributed by atoms with E-state index in [1.54, 1.807) is 6.92 Å². The van der Waals surface area contributed by atoms with Crippen LogP contribution in [0.2, 0.25) is 0 Å². The van der Waals surface area contributed by atoms with E-state index < -0.39 is 0 Å². The maximum atomic E-state index is 11.3. The predicted octanol–water partition coefficient (Wildman–Crippen LogP) is 5.26. The monoisotopic (exact) mass is 349 g/mol. The minimum Gasteiger partial charge on any atom is -0.324 e. The van der Waals surface area contributed by atoms with Crippen molar-refractivity contribution in [3.05, 3.63) is 65.6 Å². The molecule has 0 saturated heterocycles. The SMILES string of the molecule is C=C(CC)/C(=C\CC)Nc1ncc(-c2ccc(CC(C)=O)c(C)c2)cn1. The summed E-state index contributed by atoms with van der Waals surface area (Å²) in [4.78, 5) is 20.2. The summed E-state index contributed by atoms with van der Waals surface area (Å²) in [5.41, 5.74) is 6.18. The second-order valence-corrected chi connectivity index (χ2v) is 6.42. The second-order valence-electron chi connectivity index (χ2n) is 6.42. The Morgan fingerprint density at radius 3 is 2.42 bits per heavy atom. The molecular weight excluding hydrogens is 322 g/mol. The zero-order valence-corrected chi connectivity index (χ0v) is 16.1. The first-order chi connectivity index (χ1) is 12.4. The maximum absolute atomic E-state index is 11.3. The Kier molecular flexibility index (Phi) is 6.84. The molecule has 0 fully saturated rings. The van der Waals surface area contributed by atoms with Crippen LogP contribution in [0.15, 0.2) is 54.5 Å². The van der Waals surface area contributed by atoms with Crippen LogP contribution < -0.4 is 5.32 Å². The lowest BCUT2D eigenvalue weighted by Crippen LogP contribution is -2.05. The highest BCUT2D eigenvalue weighted by atomic mass is 16.1. The molecule has 0 atom stereocenters. The zero-order chi connectivity index (χ0) is 19.1. The van der Waals surface area contributed by atoms with Gasteiger partial charge in [0.2, 0.25) is 5.95 Å². The van der Waals surface area contributed by atoms with E-state index >= 15 is 0 Å². The molecule has 0 aliphatic carbocycles. The van der Waals surface area contributed by atoms with Crippen LogP contribution in [-0.2, 0) is 11.2 Å². The number of carbonyl (C=O) groups is 1. The van der Waals surface area contributed by atoms with Gasteiger partial charge in [-0.3, -0.25) is 4.79 Å². The molecule has 0 aliphatic heterocycles. The molecule has 0 amide bonds. The van der Waals surface area contributed by atoms with E-state index in [0.717, 1.165) is 46.4 Å². The molecule has 0 spiro atoms. The first-order valence-electron chi connectivity index (χ1n) is 9.01. The Labute approximate surface area is 156 Å². The third-order valence-electron chi connectivity index (χ3n) is 4.23. The fraction of sp³-hybridized carbons (Fsp3) is 0.318. The van der Waals surface area contributed by atoms with Gasteiger partial charge in [0.1, 0.15) is 5.78 Å². The van der Waals surface area contributed by atoms with Crippen molar-refractivity contribution < 1.29 is 4.79 Å². The number of hydrogen-bond acceptors (Lipinski definition) is 4. The fourth-order valence-electron chi connectivity index (χ4n) is 2.68. The molecule has 1 aromatic heterocycles. The van der Waals surface area contributed by atoms with Gasteiger partial charge in [0, 0.05) is 30.1 Å². The van der Waals surface area contributed by atoms with Gasteiger partial charge in [-0.1, -0.05) is 44.7 Å². The van der Waals surface area contributed by atoms with Crippen molar-refractivity contribution in [3.63, 3.8) is 0 Å². The molecule has 0 aliphatic rings. The third kappa shape index (κ3) is 5.12.